The summed E-state index contributed by atoms with van der Waals surface area (Å²) in [5.74, 6) is 0.507. The Morgan fingerprint density at radius 1 is 1.33 bits per heavy atom. The number of alkyl halides is 3. The van der Waals surface area contributed by atoms with E-state index in [-0.39, 0.29) is 24.2 Å². The Balaban J connectivity index is 1.89. The van der Waals surface area contributed by atoms with E-state index < -0.39 is 12.7 Å². The zero-order valence-electron chi connectivity index (χ0n) is 11.4. The lowest BCUT2D eigenvalue weighted by Crippen LogP contribution is -2.38. The number of hydrogen-bond acceptors (Lipinski definition) is 3. The summed E-state index contributed by atoms with van der Waals surface area (Å²) in [4.78, 5) is 1.63. The Morgan fingerprint density at radius 3 is 2.57 bits per heavy atom. The Hall–Kier alpha value is -1.34. The molecule has 21 heavy (non-hydrogen) atoms. The van der Waals surface area contributed by atoms with Gasteiger partial charge in [0.1, 0.15) is 17.3 Å². The van der Waals surface area contributed by atoms with Gasteiger partial charge in [0.05, 0.1) is 12.1 Å². The summed E-state index contributed by atoms with van der Waals surface area (Å²) in [6.45, 7) is -0.486. The second-order valence-corrected chi connectivity index (χ2v) is 5.47. The Kier molecular flexibility index (Phi) is 5.05. The maximum absolute atomic E-state index is 12.5. The maximum atomic E-state index is 12.5. The van der Waals surface area contributed by atoms with Crippen molar-refractivity contribution in [1.29, 1.82) is 0 Å². The molecular formula is C14H17F3N2OS. The van der Waals surface area contributed by atoms with E-state index in [9.17, 15) is 13.2 Å². The molecule has 0 amide bonds. The van der Waals surface area contributed by atoms with E-state index in [4.69, 9.17) is 22.7 Å². The minimum absolute atomic E-state index is 0.0288. The van der Waals surface area contributed by atoms with Crippen molar-refractivity contribution in [2.24, 2.45) is 5.73 Å². The molecule has 0 unspecified atom stereocenters. The van der Waals surface area contributed by atoms with E-state index in [1.165, 1.54) is 4.90 Å². The van der Waals surface area contributed by atoms with E-state index in [1.807, 2.05) is 0 Å². The van der Waals surface area contributed by atoms with Gasteiger partial charge in [0.15, 0.2) is 0 Å². The summed E-state index contributed by atoms with van der Waals surface area (Å²) in [6.07, 6.45) is -2.54. The predicted octanol–water partition coefficient (Wildman–Crippen LogP) is 2.73. The van der Waals surface area contributed by atoms with Crippen LogP contribution in [0.5, 0.6) is 5.75 Å². The van der Waals surface area contributed by atoms with Gasteiger partial charge in [-0.15, -0.1) is 0 Å². The van der Waals surface area contributed by atoms with Crippen molar-refractivity contribution in [2.75, 3.05) is 19.7 Å². The molecule has 2 rings (SSSR count). The highest BCUT2D eigenvalue weighted by Crippen LogP contribution is 2.29. The van der Waals surface area contributed by atoms with Gasteiger partial charge >= 0.3 is 6.18 Å². The van der Waals surface area contributed by atoms with E-state index >= 15 is 0 Å². The maximum Gasteiger partial charge on any atom is 0.401 e. The van der Waals surface area contributed by atoms with Gasteiger partial charge < -0.3 is 10.5 Å². The molecule has 1 aliphatic carbocycles. The van der Waals surface area contributed by atoms with Crippen LogP contribution in [0.4, 0.5) is 13.2 Å². The third kappa shape index (κ3) is 5.17. The fraction of sp³-hybridized carbons (Fsp3) is 0.500. The molecule has 0 spiro atoms. The van der Waals surface area contributed by atoms with Gasteiger partial charge in [0.25, 0.3) is 0 Å². The lowest BCUT2D eigenvalue weighted by Gasteiger charge is -2.23. The third-order valence-corrected chi connectivity index (χ3v) is 3.45. The van der Waals surface area contributed by atoms with Gasteiger partial charge in [-0.25, -0.2) is 0 Å². The zero-order chi connectivity index (χ0) is 15.5. The van der Waals surface area contributed by atoms with Crippen LogP contribution in [0.3, 0.4) is 0 Å². The van der Waals surface area contributed by atoms with Crippen molar-refractivity contribution < 1.29 is 17.9 Å². The summed E-state index contributed by atoms with van der Waals surface area (Å²) >= 11 is 4.91. The summed E-state index contributed by atoms with van der Waals surface area (Å²) in [5.41, 5.74) is 6.18. The topological polar surface area (TPSA) is 38.5 Å². The van der Waals surface area contributed by atoms with Gasteiger partial charge in [-0.2, -0.15) is 13.2 Å². The van der Waals surface area contributed by atoms with E-state index in [2.05, 4.69) is 0 Å². The second-order valence-electron chi connectivity index (χ2n) is 5.03. The number of halogens is 3. The summed E-state index contributed by atoms with van der Waals surface area (Å²) in [7, 11) is 0. The van der Waals surface area contributed by atoms with Crippen molar-refractivity contribution in [3.05, 3.63) is 29.8 Å². The fourth-order valence-electron chi connectivity index (χ4n) is 2.13. The zero-order valence-corrected chi connectivity index (χ0v) is 12.2. The average Bonchev–Trinajstić information content (AvgIpc) is 3.20. The summed E-state index contributed by atoms with van der Waals surface area (Å²) in [6, 6.07) is 7.01. The van der Waals surface area contributed by atoms with Crippen LogP contribution in [0.2, 0.25) is 0 Å². The number of hydrogen-bond donors (Lipinski definition) is 1. The SMILES string of the molecule is NC(=S)c1ccccc1OCCN(CC(F)(F)F)C1CC1. The number of ether oxygens (including phenoxy) is 1. The van der Waals surface area contributed by atoms with Crippen LogP contribution in [0.1, 0.15) is 18.4 Å². The Bertz CT molecular complexity index is 503. The van der Waals surface area contributed by atoms with Crippen LogP contribution in [-0.4, -0.2) is 41.8 Å². The molecule has 1 aliphatic rings. The van der Waals surface area contributed by atoms with Crippen LogP contribution in [-0.2, 0) is 0 Å². The monoisotopic (exact) mass is 318 g/mol. The molecule has 0 atom stereocenters. The molecule has 116 valence electrons. The average molecular weight is 318 g/mol. The minimum Gasteiger partial charge on any atom is -0.492 e. The molecule has 1 aromatic carbocycles. The van der Waals surface area contributed by atoms with Crippen LogP contribution in [0.15, 0.2) is 24.3 Å². The van der Waals surface area contributed by atoms with Gasteiger partial charge in [0.2, 0.25) is 0 Å². The van der Waals surface area contributed by atoms with Crippen molar-refractivity contribution in [1.82, 2.24) is 4.90 Å². The molecule has 0 saturated heterocycles. The number of nitrogens with zero attached hydrogens (tertiary/aromatic N) is 1. The van der Waals surface area contributed by atoms with Gasteiger partial charge in [-0.05, 0) is 25.0 Å². The van der Waals surface area contributed by atoms with Crippen molar-refractivity contribution in [3.8, 4) is 5.75 Å². The molecule has 0 radical (unpaired) electrons. The molecular weight excluding hydrogens is 301 g/mol. The predicted molar refractivity (Wildman–Crippen MR) is 78.5 cm³/mol. The van der Waals surface area contributed by atoms with E-state index in [0.717, 1.165) is 12.8 Å². The first-order valence-electron chi connectivity index (χ1n) is 6.69. The van der Waals surface area contributed by atoms with E-state index in [0.29, 0.717) is 11.3 Å². The highest BCUT2D eigenvalue weighted by molar-refractivity contribution is 7.80. The Morgan fingerprint density at radius 2 is 2.00 bits per heavy atom. The quantitative estimate of drug-likeness (QED) is 0.785. The molecule has 0 bridgehead atoms. The number of benzene rings is 1. The largest absolute Gasteiger partial charge is 0.492 e. The van der Waals surface area contributed by atoms with E-state index in [1.54, 1.807) is 24.3 Å². The van der Waals surface area contributed by atoms with Crippen molar-refractivity contribution >= 4 is 17.2 Å². The molecule has 0 aliphatic heterocycles. The van der Waals surface area contributed by atoms with Gasteiger partial charge in [0, 0.05) is 12.6 Å². The van der Waals surface area contributed by atoms with Gasteiger partial charge in [-0.3, -0.25) is 4.90 Å². The van der Waals surface area contributed by atoms with Crippen LogP contribution in [0.25, 0.3) is 0 Å². The number of nitrogens with two attached hydrogens (primary N) is 1. The highest BCUT2D eigenvalue weighted by atomic mass is 32.1. The van der Waals surface area contributed by atoms with Crippen LogP contribution in [0, 0.1) is 0 Å². The van der Waals surface area contributed by atoms with Crippen LogP contribution < -0.4 is 10.5 Å². The molecule has 1 saturated carbocycles. The van der Waals surface area contributed by atoms with Gasteiger partial charge in [-0.1, -0.05) is 24.4 Å². The molecule has 0 heterocycles. The van der Waals surface area contributed by atoms with Crippen molar-refractivity contribution in [2.45, 2.75) is 25.1 Å². The first-order chi connectivity index (χ1) is 9.87. The standard InChI is InChI=1S/C14H17F3N2OS/c15-14(16,17)9-19(10-5-6-10)7-8-20-12-4-2-1-3-11(12)13(18)21/h1-4,10H,5-9H2,(H2,18,21). The summed E-state index contributed by atoms with van der Waals surface area (Å²) < 4.78 is 43.0. The molecule has 1 fully saturated rings. The first kappa shape index (κ1) is 16.0. The van der Waals surface area contributed by atoms with Crippen molar-refractivity contribution in [3.63, 3.8) is 0 Å². The normalized spacial score (nSPS) is 15.2. The minimum atomic E-state index is -4.18. The molecule has 0 aromatic heterocycles. The molecule has 3 nitrogen and oxygen atoms in total. The Labute approximate surface area is 126 Å². The molecule has 2 N–H and O–H groups in total. The number of thiocarbonyl (C=S) groups is 1. The third-order valence-electron chi connectivity index (χ3n) is 3.23. The number of rotatable bonds is 7. The fourth-order valence-corrected chi connectivity index (χ4v) is 2.30. The smallest absolute Gasteiger partial charge is 0.401 e. The second kappa shape index (κ2) is 6.62. The molecule has 1 aromatic rings. The molecule has 7 heteroatoms. The van der Waals surface area contributed by atoms with Crippen LogP contribution >= 0.6 is 12.2 Å². The summed E-state index contributed by atoms with van der Waals surface area (Å²) in [5, 5.41) is 0. The lowest BCUT2D eigenvalue weighted by molar-refractivity contribution is -0.147. The first-order valence-corrected chi connectivity index (χ1v) is 7.10. The number of para-hydroxylation sites is 1. The lowest BCUT2D eigenvalue weighted by atomic mass is 10.2. The highest BCUT2D eigenvalue weighted by Gasteiger charge is 2.37.